The Hall–Kier alpha value is -0.240. The highest BCUT2D eigenvalue weighted by molar-refractivity contribution is 4.75. The highest BCUT2D eigenvalue weighted by Crippen LogP contribution is 2.16. The zero-order valence-corrected chi connectivity index (χ0v) is 12.0. The van der Waals surface area contributed by atoms with E-state index in [1.807, 2.05) is 0 Å². The molecule has 0 N–H and O–H groups in total. The van der Waals surface area contributed by atoms with Gasteiger partial charge in [-0.05, 0) is 12.8 Å². The Bertz CT molecular complexity index is 202. The quantitative estimate of drug-likeness (QED) is 0.389. The molecule has 0 radical (unpaired) electrons. The van der Waals surface area contributed by atoms with Crippen LogP contribution in [0.15, 0.2) is 0 Å². The van der Waals surface area contributed by atoms with Gasteiger partial charge in [0, 0.05) is 34.0 Å². The third kappa shape index (κ3) is 7.81. The summed E-state index contributed by atoms with van der Waals surface area (Å²) in [4.78, 5) is 0. The summed E-state index contributed by atoms with van der Waals surface area (Å²) in [7, 11) is 3.38. The summed E-state index contributed by atoms with van der Waals surface area (Å²) >= 11 is 0. The van der Waals surface area contributed by atoms with Crippen LogP contribution >= 0.6 is 0 Å². The van der Waals surface area contributed by atoms with E-state index in [4.69, 9.17) is 28.4 Å². The second kappa shape index (κ2) is 11.6. The molecule has 1 saturated heterocycles. The topological polar surface area (TPSA) is 55.4 Å². The maximum absolute atomic E-state index is 5.50. The number of ether oxygens (including phenoxy) is 6. The van der Waals surface area contributed by atoms with Crippen LogP contribution in [0, 0.1) is 0 Å². The third-order valence-corrected chi connectivity index (χ3v) is 2.91. The lowest BCUT2D eigenvalue weighted by atomic mass is 10.2. The standard InChI is InChI=1S/C13H26O6/c1-14-5-3-6-16-8-9-17-11-18-10-13-12(15-2)4-7-19-13/h12-13H,3-11H2,1-2H3/t12?,13-/m1/s1. The van der Waals surface area contributed by atoms with Crippen LogP contribution in [0.5, 0.6) is 0 Å². The number of hydrogen-bond donors (Lipinski definition) is 0. The van der Waals surface area contributed by atoms with E-state index in [1.165, 1.54) is 0 Å². The van der Waals surface area contributed by atoms with Crippen LogP contribution in [0.4, 0.5) is 0 Å². The molecule has 0 aliphatic carbocycles. The molecule has 2 atom stereocenters. The molecule has 0 amide bonds. The predicted octanol–water partition coefficient (Wildman–Crippen LogP) is 0.834. The summed E-state index contributed by atoms with van der Waals surface area (Å²) in [6.45, 7) is 4.04. The maximum atomic E-state index is 5.50. The Labute approximate surface area is 115 Å². The first kappa shape index (κ1) is 16.8. The van der Waals surface area contributed by atoms with Gasteiger partial charge in [0.15, 0.2) is 0 Å². The van der Waals surface area contributed by atoms with E-state index >= 15 is 0 Å². The zero-order valence-electron chi connectivity index (χ0n) is 12.0. The molecule has 0 aromatic carbocycles. The van der Waals surface area contributed by atoms with Crippen LogP contribution in [0.25, 0.3) is 0 Å². The highest BCUT2D eigenvalue weighted by Gasteiger charge is 2.27. The predicted molar refractivity (Wildman–Crippen MR) is 69.2 cm³/mol. The van der Waals surface area contributed by atoms with Gasteiger partial charge in [0.25, 0.3) is 0 Å². The van der Waals surface area contributed by atoms with E-state index in [0.29, 0.717) is 26.4 Å². The van der Waals surface area contributed by atoms with Crippen molar-refractivity contribution in [2.24, 2.45) is 0 Å². The lowest BCUT2D eigenvalue weighted by molar-refractivity contribution is -0.107. The van der Waals surface area contributed by atoms with Gasteiger partial charge in [0.1, 0.15) is 12.9 Å². The molecule has 1 fully saturated rings. The minimum absolute atomic E-state index is 0.0268. The summed E-state index contributed by atoms with van der Waals surface area (Å²) in [5.41, 5.74) is 0. The van der Waals surface area contributed by atoms with E-state index in [0.717, 1.165) is 26.1 Å². The molecule has 0 aromatic heterocycles. The van der Waals surface area contributed by atoms with Crippen LogP contribution in [-0.2, 0) is 28.4 Å². The molecule has 6 heteroatoms. The van der Waals surface area contributed by atoms with E-state index in [2.05, 4.69) is 0 Å². The van der Waals surface area contributed by atoms with E-state index < -0.39 is 0 Å². The first-order chi connectivity index (χ1) is 9.38. The van der Waals surface area contributed by atoms with Crippen molar-refractivity contribution in [1.82, 2.24) is 0 Å². The lowest BCUT2D eigenvalue weighted by Crippen LogP contribution is -2.28. The van der Waals surface area contributed by atoms with E-state index in [-0.39, 0.29) is 19.0 Å². The molecule has 1 unspecified atom stereocenters. The van der Waals surface area contributed by atoms with Gasteiger partial charge in [-0.3, -0.25) is 0 Å². The van der Waals surface area contributed by atoms with Gasteiger partial charge in [-0.25, -0.2) is 0 Å². The fraction of sp³-hybridized carbons (Fsp3) is 1.00. The van der Waals surface area contributed by atoms with Crippen LogP contribution in [-0.4, -0.2) is 72.9 Å². The molecule has 1 rings (SSSR count). The average molecular weight is 278 g/mol. The first-order valence-corrected chi connectivity index (χ1v) is 6.75. The van der Waals surface area contributed by atoms with Gasteiger partial charge in [0.2, 0.25) is 0 Å². The Kier molecular flexibility index (Phi) is 10.2. The summed E-state index contributed by atoms with van der Waals surface area (Å²) in [6.07, 6.45) is 2.01. The van der Waals surface area contributed by atoms with Crippen molar-refractivity contribution in [2.45, 2.75) is 25.0 Å². The minimum Gasteiger partial charge on any atom is -0.385 e. The van der Waals surface area contributed by atoms with E-state index in [9.17, 15) is 0 Å². The Morgan fingerprint density at radius 3 is 2.63 bits per heavy atom. The first-order valence-electron chi connectivity index (χ1n) is 6.75. The Morgan fingerprint density at radius 2 is 1.84 bits per heavy atom. The summed E-state index contributed by atoms with van der Waals surface area (Å²) in [5.74, 6) is 0. The Balaban J connectivity index is 1.81. The van der Waals surface area contributed by atoms with Crippen LogP contribution in [0.1, 0.15) is 12.8 Å². The molecule has 1 heterocycles. The van der Waals surface area contributed by atoms with Crippen molar-refractivity contribution in [3.8, 4) is 0 Å². The second-order valence-electron chi connectivity index (χ2n) is 4.33. The summed E-state index contributed by atoms with van der Waals surface area (Å²) in [5, 5.41) is 0. The number of hydrogen-bond acceptors (Lipinski definition) is 6. The largest absolute Gasteiger partial charge is 0.385 e. The molecule has 0 spiro atoms. The zero-order chi connectivity index (χ0) is 13.8. The number of methoxy groups -OCH3 is 2. The van der Waals surface area contributed by atoms with Gasteiger partial charge in [-0.15, -0.1) is 0 Å². The minimum atomic E-state index is 0.0268. The molecule has 0 aromatic rings. The van der Waals surface area contributed by atoms with Gasteiger partial charge in [0.05, 0.1) is 25.9 Å². The van der Waals surface area contributed by atoms with Crippen LogP contribution in [0.3, 0.4) is 0 Å². The highest BCUT2D eigenvalue weighted by atomic mass is 16.7. The smallest absolute Gasteiger partial charge is 0.146 e. The monoisotopic (exact) mass is 278 g/mol. The fourth-order valence-corrected chi connectivity index (χ4v) is 1.86. The number of rotatable bonds is 12. The average Bonchev–Trinajstić information content (AvgIpc) is 2.88. The molecule has 1 aliphatic heterocycles. The van der Waals surface area contributed by atoms with Crippen molar-refractivity contribution < 1.29 is 28.4 Å². The molecule has 0 saturated carbocycles. The second-order valence-corrected chi connectivity index (χ2v) is 4.33. The molecular weight excluding hydrogens is 252 g/mol. The van der Waals surface area contributed by atoms with Gasteiger partial charge >= 0.3 is 0 Å². The van der Waals surface area contributed by atoms with Crippen LogP contribution in [0.2, 0.25) is 0 Å². The van der Waals surface area contributed by atoms with Crippen molar-refractivity contribution in [3.05, 3.63) is 0 Å². The molecule has 19 heavy (non-hydrogen) atoms. The van der Waals surface area contributed by atoms with Gasteiger partial charge in [-0.1, -0.05) is 0 Å². The molecule has 0 bridgehead atoms. The Morgan fingerprint density at radius 1 is 1.00 bits per heavy atom. The summed E-state index contributed by atoms with van der Waals surface area (Å²) in [6, 6.07) is 0. The van der Waals surface area contributed by atoms with Crippen molar-refractivity contribution in [3.63, 3.8) is 0 Å². The lowest BCUT2D eigenvalue weighted by Gasteiger charge is -2.16. The van der Waals surface area contributed by atoms with E-state index in [1.54, 1.807) is 14.2 Å². The normalized spacial score (nSPS) is 23.1. The fourth-order valence-electron chi connectivity index (χ4n) is 1.86. The third-order valence-electron chi connectivity index (χ3n) is 2.91. The molecular formula is C13H26O6. The maximum Gasteiger partial charge on any atom is 0.146 e. The molecule has 114 valence electrons. The van der Waals surface area contributed by atoms with Gasteiger partial charge < -0.3 is 28.4 Å². The van der Waals surface area contributed by atoms with Crippen LogP contribution < -0.4 is 0 Å². The SMILES string of the molecule is COCCCOCCOCOC[C@H]1OCCC1OC. The summed E-state index contributed by atoms with van der Waals surface area (Å²) < 4.78 is 31.7. The molecule has 6 nitrogen and oxygen atoms in total. The van der Waals surface area contributed by atoms with Crippen molar-refractivity contribution >= 4 is 0 Å². The van der Waals surface area contributed by atoms with Crippen molar-refractivity contribution in [1.29, 1.82) is 0 Å². The van der Waals surface area contributed by atoms with Crippen molar-refractivity contribution in [2.75, 3.05) is 60.7 Å². The van der Waals surface area contributed by atoms with Gasteiger partial charge in [-0.2, -0.15) is 0 Å². The molecule has 1 aliphatic rings.